The molecule has 5 rings (SSSR count). The first-order chi connectivity index (χ1) is 19.1. The zero-order chi connectivity index (χ0) is 28.5. The summed E-state index contributed by atoms with van der Waals surface area (Å²) >= 11 is 0. The average Bonchev–Trinajstić information content (AvgIpc) is 2.94. The minimum absolute atomic E-state index is 0.00955. The molecule has 40 heavy (non-hydrogen) atoms. The smallest absolute Gasteiger partial charge is 0.338 e. The maximum Gasteiger partial charge on any atom is 0.416 e. The van der Waals surface area contributed by atoms with Crippen molar-refractivity contribution >= 4 is 5.91 Å². The van der Waals surface area contributed by atoms with Gasteiger partial charge in [0.25, 0.3) is 5.91 Å². The number of hydrogen-bond acceptors (Lipinski definition) is 4. The highest BCUT2D eigenvalue weighted by Crippen LogP contribution is 2.41. The van der Waals surface area contributed by atoms with Gasteiger partial charge in [0.1, 0.15) is 6.33 Å². The first-order valence-corrected chi connectivity index (χ1v) is 14.1. The molecule has 2 fully saturated rings. The molecule has 3 heterocycles. The summed E-state index contributed by atoms with van der Waals surface area (Å²) in [5, 5.41) is 0. The van der Waals surface area contributed by atoms with Gasteiger partial charge < -0.3 is 4.90 Å². The van der Waals surface area contributed by atoms with Crippen LogP contribution in [0.4, 0.5) is 13.2 Å². The van der Waals surface area contributed by atoms with E-state index in [1.54, 1.807) is 12.1 Å². The zero-order valence-corrected chi connectivity index (χ0v) is 23.4. The molecule has 0 aliphatic carbocycles. The number of benzene rings is 2. The van der Waals surface area contributed by atoms with E-state index in [2.05, 4.69) is 33.9 Å². The van der Waals surface area contributed by atoms with Gasteiger partial charge in [-0.1, -0.05) is 42.5 Å². The summed E-state index contributed by atoms with van der Waals surface area (Å²) in [6.45, 7) is 9.28. The summed E-state index contributed by atoms with van der Waals surface area (Å²) in [6.07, 6.45) is 0.899. The van der Waals surface area contributed by atoms with Gasteiger partial charge in [0.15, 0.2) is 0 Å². The Balaban J connectivity index is 1.26. The first-order valence-electron chi connectivity index (χ1n) is 14.1. The number of nitrogens with zero attached hydrogens (tertiary/aromatic N) is 4. The van der Waals surface area contributed by atoms with Gasteiger partial charge in [0, 0.05) is 24.5 Å². The Labute approximate surface area is 234 Å². The van der Waals surface area contributed by atoms with Crippen LogP contribution in [-0.4, -0.2) is 57.4 Å². The van der Waals surface area contributed by atoms with Crippen LogP contribution in [0.2, 0.25) is 0 Å². The lowest BCUT2D eigenvalue weighted by atomic mass is 9.74. The van der Waals surface area contributed by atoms with E-state index in [9.17, 15) is 18.0 Å². The largest absolute Gasteiger partial charge is 0.416 e. The van der Waals surface area contributed by atoms with Crippen molar-refractivity contribution in [3.05, 3.63) is 94.6 Å². The van der Waals surface area contributed by atoms with Crippen LogP contribution in [0.15, 0.2) is 60.9 Å². The van der Waals surface area contributed by atoms with Gasteiger partial charge in [-0.3, -0.25) is 9.69 Å². The van der Waals surface area contributed by atoms with E-state index in [1.807, 2.05) is 36.9 Å². The maximum absolute atomic E-state index is 13.3. The number of aryl methyl sites for hydroxylation is 2. The third kappa shape index (κ3) is 5.78. The Kier molecular flexibility index (Phi) is 8.00. The van der Waals surface area contributed by atoms with E-state index < -0.39 is 11.7 Å². The second kappa shape index (κ2) is 11.3. The van der Waals surface area contributed by atoms with Crippen LogP contribution in [0.3, 0.4) is 0 Å². The molecule has 3 aromatic rings. The molecular formula is C32H37F3N4O. The van der Waals surface area contributed by atoms with Gasteiger partial charge in [-0.05, 0) is 88.7 Å². The Bertz CT molecular complexity index is 1290. The second-order valence-corrected chi connectivity index (χ2v) is 11.5. The molecule has 2 aliphatic heterocycles. The van der Waals surface area contributed by atoms with Crippen molar-refractivity contribution in [2.45, 2.75) is 64.1 Å². The Morgan fingerprint density at radius 3 is 1.98 bits per heavy atom. The van der Waals surface area contributed by atoms with Crippen LogP contribution in [0, 0.1) is 19.8 Å². The minimum atomic E-state index is -4.34. The maximum atomic E-state index is 13.3. The van der Waals surface area contributed by atoms with Gasteiger partial charge in [-0.15, -0.1) is 0 Å². The van der Waals surface area contributed by atoms with Crippen LogP contribution >= 0.6 is 0 Å². The molecule has 0 spiro atoms. The van der Waals surface area contributed by atoms with Crippen molar-refractivity contribution in [2.24, 2.45) is 5.92 Å². The quantitative estimate of drug-likeness (QED) is 0.357. The number of rotatable bonds is 5. The Hall–Kier alpha value is -3.26. The van der Waals surface area contributed by atoms with Crippen LogP contribution < -0.4 is 0 Å². The predicted molar refractivity (Wildman–Crippen MR) is 149 cm³/mol. The molecule has 5 nitrogen and oxygen atoms in total. The molecule has 0 N–H and O–H groups in total. The van der Waals surface area contributed by atoms with Gasteiger partial charge >= 0.3 is 6.18 Å². The molecular weight excluding hydrogens is 513 g/mol. The van der Waals surface area contributed by atoms with Crippen LogP contribution in [-0.2, 0) is 6.18 Å². The lowest BCUT2D eigenvalue weighted by Gasteiger charge is -2.50. The Morgan fingerprint density at radius 1 is 0.875 bits per heavy atom. The highest BCUT2D eigenvalue weighted by molar-refractivity contribution is 5.96. The number of hydrogen-bond donors (Lipinski definition) is 0. The minimum Gasteiger partial charge on any atom is -0.338 e. The first kappa shape index (κ1) is 28.3. The van der Waals surface area contributed by atoms with Crippen LogP contribution in [0.5, 0.6) is 0 Å². The molecule has 1 unspecified atom stereocenters. The topological polar surface area (TPSA) is 49.3 Å². The molecule has 8 heteroatoms. The number of carbonyl (C=O) groups excluding carboxylic acids is 1. The fourth-order valence-electron chi connectivity index (χ4n) is 6.62. The van der Waals surface area contributed by atoms with Crippen molar-refractivity contribution in [1.29, 1.82) is 0 Å². The summed E-state index contributed by atoms with van der Waals surface area (Å²) in [5.41, 5.74) is 3.53. The average molecular weight is 551 g/mol. The van der Waals surface area contributed by atoms with Gasteiger partial charge in [-0.2, -0.15) is 13.2 Å². The summed E-state index contributed by atoms with van der Waals surface area (Å²) in [6, 6.07) is 15.9. The van der Waals surface area contributed by atoms with E-state index in [0.29, 0.717) is 36.0 Å². The van der Waals surface area contributed by atoms with Crippen molar-refractivity contribution < 1.29 is 18.0 Å². The molecule has 1 atom stereocenters. The molecule has 212 valence electrons. The van der Waals surface area contributed by atoms with Crippen molar-refractivity contribution in [1.82, 2.24) is 19.8 Å². The van der Waals surface area contributed by atoms with Crippen molar-refractivity contribution in [2.75, 3.05) is 26.2 Å². The lowest BCUT2D eigenvalue weighted by Crippen LogP contribution is -2.56. The van der Waals surface area contributed by atoms with Gasteiger partial charge in [-0.25, -0.2) is 9.97 Å². The monoisotopic (exact) mass is 550 g/mol. The van der Waals surface area contributed by atoms with Gasteiger partial charge in [0.05, 0.1) is 22.5 Å². The normalized spacial score (nSPS) is 19.4. The van der Waals surface area contributed by atoms with E-state index in [1.165, 1.54) is 18.5 Å². The fraction of sp³-hybridized carbons (Fsp3) is 0.469. The Morgan fingerprint density at radius 2 is 1.43 bits per heavy atom. The van der Waals surface area contributed by atoms with Crippen molar-refractivity contribution in [3.8, 4) is 0 Å². The number of likely N-dealkylation sites (tertiary alicyclic amines) is 2. The highest BCUT2D eigenvalue weighted by atomic mass is 19.4. The molecule has 1 amide bonds. The molecule has 1 aromatic heterocycles. The molecule has 2 aliphatic rings. The summed E-state index contributed by atoms with van der Waals surface area (Å²) in [5.74, 6) is 0.403. The van der Waals surface area contributed by atoms with E-state index in [4.69, 9.17) is 0 Å². The molecule has 0 saturated carbocycles. The number of amides is 1. The van der Waals surface area contributed by atoms with Crippen LogP contribution in [0.1, 0.15) is 77.0 Å². The summed E-state index contributed by atoms with van der Waals surface area (Å²) in [4.78, 5) is 26.2. The van der Waals surface area contributed by atoms with E-state index in [0.717, 1.165) is 49.9 Å². The predicted octanol–water partition coefficient (Wildman–Crippen LogP) is 6.65. The van der Waals surface area contributed by atoms with E-state index in [-0.39, 0.29) is 17.4 Å². The SMILES string of the molecule is Cc1ncnc(C)c1C(=O)N1CCC(C)(N2CCC(C(c3ccccc3)c3ccc(C(F)(F)F)cc3)CC2)CC1. The molecule has 0 bridgehead atoms. The third-order valence-electron chi connectivity index (χ3n) is 9.10. The van der Waals surface area contributed by atoms with Crippen molar-refractivity contribution in [3.63, 3.8) is 0 Å². The van der Waals surface area contributed by atoms with Crippen LogP contribution in [0.25, 0.3) is 0 Å². The van der Waals surface area contributed by atoms with Gasteiger partial charge in [0.2, 0.25) is 0 Å². The molecule has 2 saturated heterocycles. The molecule has 0 radical (unpaired) electrons. The molecule has 2 aromatic carbocycles. The number of piperidine rings is 2. The second-order valence-electron chi connectivity index (χ2n) is 11.5. The zero-order valence-electron chi connectivity index (χ0n) is 23.4. The standard InChI is InChI=1S/C32H37F3N4O/c1-22-28(23(2)37-21-36-22)30(40)38-19-15-31(3,16-20-38)39-17-13-26(14-18-39)29(24-7-5-4-6-8-24)25-9-11-27(12-10-25)32(33,34)35/h4-12,21,26,29H,13-20H2,1-3H3. The summed E-state index contributed by atoms with van der Waals surface area (Å²) < 4.78 is 39.6. The lowest BCUT2D eigenvalue weighted by molar-refractivity contribution is -0.137. The summed E-state index contributed by atoms with van der Waals surface area (Å²) in [7, 11) is 0. The number of carbonyl (C=O) groups is 1. The number of halogens is 3. The van der Waals surface area contributed by atoms with E-state index >= 15 is 0 Å². The third-order valence-corrected chi connectivity index (χ3v) is 9.10. The number of aromatic nitrogens is 2. The fourth-order valence-corrected chi connectivity index (χ4v) is 6.62. The highest BCUT2D eigenvalue weighted by Gasteiger charge is 2.40. The number of alkyl halides is 3.